The molecule has 21 heavy (non-hydrogen) atoms. The predicted molar refractivity (Wildman–Crippen MR) is 93.5 cm³/mol. The summed E-state index contributed by atoms with van der Waals surface area (Å²) in [6, 6.07) is 9.98. The van der Waals surface area contributed by atoms with Crippen LogP contribution in [0.4, 0.5) is 0 Å². The van der Waals surface area contributed by atoms with Gasteiger partial charge in [0.2, 0.25) is 0 Å². The fourth-order valence-corrected chi connectivity index (χ4v) is 3.58. The monoisotopic (exact) mass is 394 g/mol. The van der Waals surface area contributed by atoms with Crippen molar-refractivity contribution in [2.24, 2.45) is 0 Å². The van der Waals surface area contributed by atoms with E-state index < -0.39 is 0 Å². The van der Waals surface area contributed by atoms with E-state index in [0.717, 1.165) is 29.9 Å². The van der Waals surface area contributed by atoms with Crippen LogP contribution in [0.25, 0.3) is 11.3 Å². The summed E-state index contributed by atoms with van der Waals surface area (Å²) in [4.78, 5) is 20.1. The van der Waals surface area contributed by atoms with E-state index in [1.807, 2.05) is 30.3 Å². The van der Waals surface area contributed by atoms with Gasteiger partial charge in [-0.15, -0.1) is 0 Å². The lowest BCUT2D eigenvalue weighted by Gasteiger charge is -2.15. The predicted octanol–water partition coefficient (Wildman–Crippen LogP) is 4.48. The number of halogens is 1. The van der Waals surface area contributed by atoms with E-state index in [9.17, 15) is 4.79 Å². The van der Waals surface area contributed by atoms with Crippen LogP contribution in [0.15, 0.2) is 35.1 Å². The van der Waals surface area contributed by atoms with Gasteiger partial charge in [-0.3, -0.25) is 4.79 Å². The standard InChI is InChI=1S/C17H19IN2O/c18-14-15(12-8-6-3-7-9-12)19-16(20-17(14)21)13-10-4-1-2-5-11-13/h3,6-9,13H,1-2,4-5,10-11H2,(H,19,20,21). The molecule has 0 atom stereocenters. The highest BCUT2D eigenvalue weighted by molar-refractivity contribution is 14.1. The van der Waals surface area contributed by atoms with Gasteiger partial charge >= 0.3 is 0 Å². The van der Waals surface area contributed by atoms with Gasteiger partial charge in [0, 0.05) is 11.5 Å². The first-order chi connectivity index (χ1) is 10.3. The second-order valence-corrected chi connectivity index (χ2v) is 6.75. The van der Waals surface area contributed by atoms with Crippen molar-refractivity contribution in [2.45, 2.75) is 44.4 Å². The molecule has 3 nitrogen and oxygen atoms in total. The molecule has 1 N–H and O–H groups in total. The van der Waals surface area contributed by atoms with Gasteiger partial charge in [-0.25, -0.2) is 4.98 Å². The van der Waals surface area contributed by atoms with Crippen LogP contribution in [0.3, 0.4) is 0 Å². The third-order valence-corrected chi connectivity index (χ3v) is 5.17. The summed E-state index contributed by atoms with van der Waals surface area (Å²) < 4.78 is 0.677. The zero-order valence-electron chi connectivity index (χ0n) is 11.9. The maximum atomic E-state index is 12.3. The van der Waals surface area contributed by atoms with Crippen molar-refractivity contribution in [1.82, 2.24) is 9.97 Å². The number of benzene rings is 1. The van der Waals surface area contributed by atoms with Crippen LogP contribution in [0.2, 0.25) is 0 Å². The van der Waals surface area contributed by atoms with Crippen LogP contribution in [-0.4, -0.2) is 9.97 Å². The van der Waals surface area contributed by atoms with E-state index in [1.165, 1.54) is 25.7 Å². The fourth-order valence-electron chi connectivity index (χ4n) is 3.01. The van der Waals surface area contributed by atoms with Crippen LogP contribution < -0.4 is 5.56 Å². The molecule has 1 aromatic carbocycles. The third kappa shape index (κ3) is 3.36. The van der Waals surface area contributed by atoms with Gasteiger partial charge in [-0.1, -0.05) is 56.0 Å². The molecule has 3 rings (SSSR count). The highest BCUT2D eigenvalue weighted by Gasteiger charge is 2.19. The topological polar surface area (TPSA) is 45.8 Å². The molecule has 1 aromatic heterocycles. The number of aromatic amines is 1. The molecule has 1 heterocycles. The number of aromatic nitrogens is 2. The van der Waals surface area contributed by atoms with E-state index in [1.54, 1.807) is 0 Å². The van der Waals surface area contributed by atoms with Crippen LogP contribution in [-0.2, 0) is 0 Å². The lowest BCUT2D eigenvalue weighted by molar-refractivity contribution is 0.558. The second kappa shape index (κ2) is 6.73. The van der Waals surface area contributed by atoms with Gasteiger partial charge in [0.1, 0.15) is 9.39 Å². The number of rotatable bonds is 2. The Kier molecular flexibility index (Phi) is 4.73. The van der Waals surface area contributed by atoms with Gasteiger partial charge in [-0.05, 0) is 35.4 Å². The Morgan fingerprint density at radius 2 is 1.71 bits per heavy atom. The van der Waals surface area contributed by atoms with Gasteiger partial charge in [-0.2, -0.15) is 0 Å². The average Bonchev–Trinajstić information content (AvgIpc) is 2.80. The molecule has 110 valence electrons. The smallest absolute Gasteiger partial charge is 0.264 e. The zero-order valence-corrected chi connectivity index (χ0v) is 14.1. The molecule has 1 aliphatic carbocycles. The number of hydrogen-bond acceptors (Lipinski definition) is 2. The fraction of sp³-hybridized carbons (Fsp3) is 0.412. The molecule has 2 aromatic rings. The Morgan fingerprint density at radius 3 is 2.38 bits per heavy atom. The van der Waals surface area contributed by atoms with Crippen molar-refractivity contribution in [3.8, 4) is 11.3 Å². The first kappa shape index (κ1) is 14.8. The van der Waals surface area contributed by atoms with Crippen molar-refractivity contribution in [3.05, 3.63) is 50.1 Å². The highest BCUT2D eigenvalue weighted by Crippen LogP contribution is 2.30. The molecule has 1 fully saturated rings. The summed E-state index contributed by atoms with van der Waals surface area (Å²) in [6.45, 7) is 0. The first-order valence-electron chi connectivity index (χ1n) is 7.61. The molecule has 4 heteroatoms. The molecule has 0 spiro atoms. The third-order valence-electron chi connectivity index (χ3n) is 4.17. The number of H-pyrrole nitrogens is 1. The normalized spacial score (nSPS) is 16.6. The molecule has 1 aliphatic rings. The Labute approximate surface area is 138 Å². The Hall–Kier alpha value is -1.17. The van der Waals surface area contributed by atoms with Crippen LogP contribution >= 0.6 is 22.6 Å². The van der Waals surface area contributed by atoms with Gasteiger partial charge in [0.05, 0.1) is 5.69 Å². The molecule has 1 saturated carbocycles. The van der Waals surface area contributed by atoms with Crippen LogP contribution in [0.5, 0.6) is 0 Å². The van der Waals surface area contributed by atoms with Crippen molar-refractivity contribution >= 4 is 22.6 Å². The maximum absolute atomic E-state index is 12.3. The van der Waals surface area contributed by atoms with Crippen LogP contribution in [0.1, 0.15) is 50.3 Å². The van der Waals surface area contributed by atoms with Gasteiger partial charge < -0.3 is 4.98 Å². The summed E-state index contributed by atoms with van der Waals surface area (Å²) in [7, 11) is 0. The van der Waals surface area contributed by atoms with Crippen molar-refractivity contribution < 1.29 is 0 Å². The minimum Gasteiger partial charge on any atom is -0.309 e. The minimum absolute atomic E-state index is 0.0105. The lowest BCUT2D eigenvalue weighted by atomic mass is 9.99. The molecule has 0 unspecified atom stereocenters. The van der Waals surface area contributed by atoms with Crippen molar-refractivity contribution in [1.29, 1.82) is 0 Å². The second-order valence-electron chi connectivity index (χ2n) is 5.67. The number of nitrogens with zero attached hydrogens (tertiary/aromatic N) is 1. The SMILES string of the molecule is O=c1[nH]c(C2CCCCCC2)nc(-c2ccccc2)c1I. The van der Waals surface area contributed by atoms with Crippen LogP contribution in [0, 0.1) is 3.57 Å². The van der Waals surface area contributed by atoms with E-state index in [-0.39, 0.29) is 5.56 Å². The molecular weight excluding hydrogens is 375 g/mol. The summed E-state index contributed by atoms with van der Waals surface area (Å²) >= 11 is 2.10. The highest BCUT2D eigenvalue weighted by atomic mass is 127. The number of hydrogen-bond donors (Lipinski definition) is 1. The van der Waals surface area contributed by atoms with E-state index in [4.69, 9.17) is 4.98 Å². The van der Waals surface area contributed by atoms with Crippen molar-refractivity contribution in [3.63, 3.8) is 0 Å². The van der Waals surface area contributed by atoms with E-state index >= 15 is 0 Å². The largest absolute Gasteiger partial charge is 0.309 e. The quantitative estimate of drug-likeness (QED) is 0.603. The van der Waals surface area contributed by atoms with Crippen molar-refractivity contribution in [2.75, 3.05) is 0 Å². The van der Waals surface area contributed by atoms with E-state index in [0.29, 0.717) is 9.49 Å². The Bertz CT molecular complexity index is 658. The van der Waals surface area contributed by atoms with E-state index in [2.05, 4.69) is 27.6 Å². The summed E-state index contributed by atoms with van der Waals surface area (Å²) in [5.74, 6) is 1.28. The maximum Gasteiger partial charge on any atom is 0.264 e. The molecular formula is C17H19IN2O. The Morgan fingerprint density at radius 1 is 1.05 bits per heavy atom. The van der Waals surface area contributed by atoms with Gasteiger partial charge in [0.15, 0.2) is 0 Å². The van der Waals surface area contributed by atoms with Gasteiger partial charge in [0.25, 0.3) is 5.56 Å². The Balaban J connectivity index is 2.03. The summed E-state index contributed by atoms with van der Waals surface area (Å²) in [5, 5.41) is 0. The average molecular weight is 394 g/mol. The molecule has 0 radical (unpaired) electrons. The lowest BCUT2D eigenvalue weighted by Crippen LogP contribution is -2.18. The molecule has 0 amide bonds. The minimum atomic E-state index is -0.0105. The zero-order chi connectivity index (χ0) is 14.7. The summed E-state index contributed by atoms with van der Waals surface area (Å²) in [6.07, 6.45) is 7.35. The summed E-state index contributed by atoms with van der Waals surface area (Å²) in [5.41, 5.74) is 1.82. The molecule has 0 aliphatic heterocycles. The number of nitrogens with one attached hydrogen (secondary N) is 1. The molecule has 0 bridgehead atoms. The molecule has 0 saturated heterocycles. The first-order valence-corrected chi connectivity index (χ1v) is 8.68.